The van der Waals surface area contributed by atoms with Crippen LogP contribution in [0.3, 0.4) is 0 Å². The van der Waals surface area contributed by atoms with Gasteiger partial charge in [0.25, 0.3) is 11.5 Å². The number of benzene rings is 1. The summed E-state index contributed by atoms with van der Waals surface area (Å²) in [5.41, 5.74) is -0.312. The predicted octanol–water partition coefficient (Wildman–Crippen LogP) is 1.78. The Balaban J connectivity index is 1.79. The van der Waals surface area contributed by atoms with E-state index < -0.39 is 34.4 Å². The highest BCUT2D eigenvalue weighted by Crippen LogP contribution is 2.19. The highest BCUT2D eigenvalue weighted by atomic mass is 32.2. The summed E-state index contributed by atoms with van der Waals surface area (Å²) in [5, 5.41) is 4.91. The van der Waals surface area contributed by atoms with Crippen LogP contribution >= 0.6 is 0 Å². The van der Waals surface area contributed by atoms with Crippen molar-refractivity contribution >= 4 is 32.5 Å². The van der Waals surface area contributed by atoms with Crippen LogP contribution in [-0.2, 0) is 25.9 Å². The maximum Gasteiger partial charge on any atom is 0.359 e. The van der Waals surface area contributed by atoms with Gasteiger partial charge >= 0.3 is 5.97 Å². The fraction of sp³-hybridized carbons (Fsp3) is 0.545. The Kier molecular flexibility index (Phi) is 7.65. The average molecular weight is 464 g/mol. The minimum atomic E-state index is -3.16. The Hall–Kier alpha value is -2.75. The van der Waals surface area contributed by atoms with E-state index in [2.05, 4.69) is 5.10 Å². The van der Waals surface area contributed by atoms with Crippen molar-refractivity contribution < 1.29 is 22.7 Å². The van der Waals surface area contributed by atoms with Gasteiger partial charge in [0.15, 0.2) is 22.1 Å². The summed E-state index contributed by atoms with van der Waals surface area (Å²) in [6.45, 7) is 4.13. The minimum Gasteiger partial charge on any atom is -0.451 e. The van der Waals surface area contributed by atoms with Gasteiger partial charge in [-0.05, 0) is 25.3 Å². The van der Waals surface area contributed by atoms with E-state index >= 15 is 0 Å². The third-order valence-electron chi connectivity index (χ3n) is 5.55. The number of fused-ring (bicyclic) bond motifs is 1. The summed E-state index contributed by atoms with van der Waals surface area (Å²) >= 11 is 0. The number of hydrogen-bond acceptors (Lipinski definition) is 7. The number of unbranched alkanes of at least 4 members (excludes halogenated alkanes) is 1. The molecule has 0 aliphatic carbocycles. The highest BCUT2D eigenvalue weighted by Gasteiger charge is 2.34. The van der Waals surface area contributed by atoms with Crippen LogP contribution in [0, 0.1) is 0 Å². The Morgan fingerprint density at radius 2 is 1.91 bits per heavy atom. The normalized spacial score (nSPS) is 17.4. The molecule has 10 heteroatoms. The standard InChI is InChI=1S/C22H29N3O6S/c1-3-5-12-24(16-10-13-32(29,30)15-16)19(26)14-31-22(28)20-17-8-6-7-9-18(17)21(27)25(23-20)11-4-2/h6-9,16H,3-5,10-15H2,1-2H3. The zero-order chi connectivity index (χ0) is 23.3. The van der Waals surface area contributed by atoms with E-state index in [-0.39, 0.29) is 22.8 Å². The molecule has 1 saturated heterocycles. The zero-order valence-electron chi connectivity index (χ0n) is 18.5. The van der Waals surface area contributed by atoms with Crippen LogP contribution in [0.5, 0.6) is 0 Å². The second-order valence-electron chi connectivity index (χ2n) is 8.00. The number of ether oxygens (including phenoxy) is 1. The first kappa shape index (κ1) is 23.9. The van der Waals surface area contributed by atoms with E-state index in [1.54, 1.807) is 24.3 Å². The van der Waals surface area contributed by atoms with Gasteiger partial charge in [-0.2, -0.15) is 5.10 Å². The van der Waals surface area contributed by atoms with Crippen molar-refractivity contribution in [3.63, 3.8) is 0 Å². The van der Waals surface area contributed by atoms with Crippen LogP contribution < -0.4 is 5.56 Å². The molecule has 1 aliphatic heterocycles. The second-order valence-corrected chi connectivity index (χ2v) is 10.2. The summed E-state index contributed by atoms with van der Waals surface area (Å²) in [5.74, 6) is -1.23. The van der Waals surface area contributed by atoms with Crippen LogP contribution in [0.25, 0.3) is 10.8 Å². The van der Waals surface area contributed by atoms with Crippen molar-refractivity contribution in [2.24, 2.45) is 0 Å². The van der Waals surface area contributed by atoms with Crippen molar-refractivity contribution in [1.29, 1.82) is 0 Å². The lowest BCUT2D eigenvalue weighted by molar-refractivity contribution is -0.136. The van der Waals surface area contributed by atoms with Crippen LogP contribution in [0.4, 0.5) is 0 Å². The number of aryl methyl sites for hydroxylation is 1. The molecule has 32 heavy (non-hydrogen) atoms. The van der Waals surface area contributed by atoms with E-state index in [1.807, 2.05) is 13.8 Å². The van der Waals surface area contributed by atoms with Crippen molar-refractivity contribution in [2.45, 2.75) is 52.1 Å². The number of hydrogen-bond donors (Lipinski definition) is 0. The van der Waals surface area contributed by atoms with Gasteiger partial charge in [-0.25, -0.2) is 17.9 Å². The fourth-order valence-electron chi connectivity index (χ4n) is 3.89. The van der Waals surface area contributed by atoms with Gasteiger partial charge in [0.2, 0.25) is 0 Å². The number of carbonyl (C=O) groups is 2. The first-order valence-electron chi connectivity index (χ1n) is 10.9. The van der Waals surface area contributed by atoms with Gasteiger partial charge in [-0.15, -0.1) is 0 Å². The number of nitrogens with zero attached hydrogens (tertiary/aromatic N) is 3. The summed E-state index contributed by atoms with van der Waals surface area (Å²) in [7, 11) is -3.16. The molecule has 0 N–H and O–H groups in total. The van der Waals surface area contributed by atoms with E-state index in [0.29, 0.717) is 36.7 Å². The number of sulfone groups is 1. The highest BCUT2D eigenvalue weighted by molar-refractivity contribution is 7.91. The molecule has 3 rings (SSSR count). The van der Waals surface area contributed by atoms with Gasteiger partial charge < -0.3 is 9.64 Å². The largest absolute Gasteiger partial charge is 0.451 e. The summed E-state index contributed by atoms with van der Waals surface area (Å²) in [4.78, 5) is 39.8. The Morgan fingerprint density at radius 3 is 2.53 bits per heavy atom. The first-order chi connectivity index (χ1) is 15.3. The SMILES string of the molecule is CCCCN(C(=O)COC(=O)c1nn(CCC)c(=O)c2ccccc12)C1CCS(=O)(=O)C1. The van der Waals surface area contributed by atoms with Gasteiger partial charge in [0.1, 0.15) is 0 Å². The number of carbonyl (C=O) groups excluding carboxylic acids is 2. The van der Waals surface area contributed by atoms with E-state index in [1.165, 1.54) is 9.58 Å². The molecule has 1 aromatic carbocycles. The number of esters is 1. The summed E-state index contributed by atoms with van der Waals surface area (Å²) in [6, 6.07) is 6.25. The van der Waals surface area contributed by atoms with Crippen LogP contribution in [0.2, 0.25) is 0 Å². The van der Waals surface area contributed by atoms with Crippen molar-refractivity contribution in [3.8, 4) is 0 Å². The lowest BCUT2D eigenvalue weighted by Gasteiger charge is -2.28. The minimum absolute atomic E-state index is 0.0231. The van der Waals surface area contributed by atoms with E-state index in [0.717, 1.165) is 12.8 Å². The fourth-order valence-corrected chi connectivity index (χ4v) is 5.62. The van der Waals surface area contributed by atoms with Gasteiger partial charge in [0.05, 0.1) is 16.9 Å². The van der Waals surface area contributed by atoms with Crippen molar-refractivity contribution in [1.82, 2.24) is 14.7 Å². The maximum atomic E-state index is 12.8. The Labute approximate surface area is 187 Å². The number of aromatic nitrogens is 2. The third-order valence-corrected chi connectivity index (χ3v) is 7.30. The quantitative estimate of drug-likeness (QED) is 0.521. The lowest BCUT2D eigenvalue weighted by atomic mass is 10.1. The molecule has 0 spiro atoms. The van der Waals surface area contributed by atoms with Crippen molar-refractivity contribution in [3.05, 3.63) is 40.3 Å². The van der Waals surface area contributed by atoms with E-state index in [9.17, 15) is 22.8 Å². The van der Waals surface area contributed by atoms with Crippen LogP contribution in [0.15, 0.2) is 29.1 Å². The van der Waals surface area contributed by atoms with Crippen molar-refractivity contribution in [2.75, 3.05) is 24.7 Å². The predicted molar refractivity (Wildman–Crippen MR) is 120 cm³/mol. The van der Waals surface area contributed by atoms with Gasteiger partial charge in [-0.3, -0.25) is 9.59 Å². The smallest absolute Gasteiger partial charge is 0.359 e. The average Bonchev–Trinajstić information content (AvgIpc) is 3.13. The molecular weight excluding hydrogens is 434 g/mol. The molecule has 1 fully saturated rings. The molecule has 1 aromatic heterocycles. The molecule has 1 amide bonds. The summed E-state index contributed by atoms with van der Waals surface area (Å²) < 4.78 is 30.3. The number of amides is 1. The molecule has 1 unspecified atom stereocenters. The van der Waals surface area contributed by atoms with Gasteiger partial charge in [0, 0.05) is 24.5 Å². The molecule has 1 atom stereocenters. The molecule has 2 heterocycles. The first-order valence-corrected chi connectivity index (χ1v) is 12.8. The van der Waals surface area contributed by atoms with E-state index in [4.69, 9.17) is 4.74 Å². The lowest BCUT2D eigenvalue weighted by Crippen LogP contribution is -2.44. The molecule has 0 radical (unpaired) electrons. The topological polar surface area (TPSA) is 116 Å². The summed E-state index contributed by atoms with van der Waals surface area (Å²) in [6.07, 6.45) is 2.62. The number of rotatable bonds is 9. The van der Waals surface area contributed by atoms with Crippen LogP contribution in [0.1, 0.15) is 50.0 Å². The second kappa shape index (κ2) is 10.2. The molecule has 0 bridgehead atoms. The molecular formula is C22H29N3O6S. The molecule has 174 valence electrons. The molecule has 1 aliphatic rings. The third kappa shape index (κ3) is 5.35. The zero-order valence-corrected chi connectivity index (χ0v) is 19.3. The monoisotopic (exact) mass is 463 g/mol. The van der Waals surface area contributed by atoms with Crippen LogP contribution in [-0.4, -0.2) is 65.7 Å². The Bertz CT molecular complexity index is 1160. The molecule has 0 saturated carbocycles. The Morgan fingerprint density at radius 1 is 1.19 bits per heavy atom. The van der Waals surface area contributed by atoms with Gasteiger partial charge in [-0.1, -0.05) is 38.5 Å². The molecule has 9 nitrogen and oxygen atoms in total. The maximum absolute atomic E-state index is 12.8. The molecule has 2 aromatic rings.